The van der Waals surface area contributed by atoms with Gasteiger partial charge in [-0.25, -0.2) is 0 Å². The summed E-state index contributed by atoms with van der Waals surface area (Å²) in [5.41, 5.74) is 0. The van der Waals surface area contributed by atoms with Crippen molar-refractivity contribution in [2.45, 2.75) is 336 Å². The number of ether oxygens (including phenoxy) is 3. The Balaban J connectivity index is 4.25. The molecule has 0 aromatic carbocycles. The van der Waals surface area contributed by atoms with Gasteiger partial charge in [0.15, 0.2) is 6.10 Å². The monoisotopic (exact) mass is 919 g/mol. The minimum absolute atomic E-state index is 0.0625. The molecule has 0 fully saturated rings. The van der Waals surface area contributed by atoms with Crippen LogP contribution in [-0.2, 0) is 28.6 Å². The molecule has 0 saturated carbocycles. The SMILES string of the molecule is CCCCCCCCCCCCCC(=O)OC[C@H](COC(=O)CCCCCCCCCCCCCCCCCC(C)C)OC(=O)CCCCCCCCCCCCCCCCCC(C)C. The molecule has 6 heteroatoms. The first-order valence-corrected chi connectivity index (χ1v) is 29.2. The zero-order valence-corrected chi connectivity index (χ0v) is 44.6. The smallest absolute Gasteiger partial charge is 0.306 e. The van der Waals surface area contributed by atoms with Crippen LogP contribution in [0.25, 0.3) is 0 Å². The van der Waals surface area contributed by atoms with E-state index < -0.39 is 6.10 Å². The Morgan fingerprint density at radius 2 is 0.508 bits per heavy atom. The average molecular weight is 920 g/mol. The number of hydrogen-bond acceptors (Lipinski definition) is 6. The minimum Gasteiger partial charge on any atom is -0.462 e. The highest BCUT2D eigenvalue weighted by atomic mass is 16.6. The molecule has 0 rings (SSSR count). The van der Waals surface area contributed by atoms with E-state index in [2.05, 4.69) is 34.6 Å². The minimum atomic E-state index is -0.762. The summed E-state index contributed by atoms with van der Waals surface area (Å²) >= 11 is 0. The van der Waals surface area contributed by atoms with E-state index >= 15 is 0 Å². The number of unbranched alkanes of at least 4 members (excludes halogenated alkanes) is 38. The van der Waals surface area contributed by atoms with Crippen LogP contribution >= 0.6 is 0 Å². The fraction of sp³-hybridized carbons (Fsp3) is 0.949. The van der Waals surface area contributed by atoms with Crippen LogP contribution in [0.2, 0.25) is 0 Å². The van der Waals surface area contributed by atoms with E-state index in [-0.39, 0.29) is 31.1 Å². The van der Waals surface area contributed by atoms with Crippen LogP contribution in [0.5, 0.6) is 0 Å². The van der Waals surface area contributed by atoms with Crippen molar-refractivity contribution in [2.24, 2.45) is 11.8 Å². The molecule has 0 aliphatic carbocycles. The van der Waals surface area contributed by atoms with Gasteiger partial charge in [-0.05, 0) is 31.1 Å². The van der Waals surface area contributed by atoms with E-state index in [1.807, 2.05) is 0 Å². The van der Waals surface area contributed by atoms with E-state index in [1.165, 1.54) is 218 Å². The highest BCUT2D eigenvalue weighted by Crippen LogP contribution is 2.18. The maximum atomic E-state index is 12.8. The molecule has 0 spiro atoms. The molecule has 0 unspecified atom stereocenters. The second kappa shape index (κ2) is 51.8. The topological polar surface area (TPSA) is 78.9 Å². The molecule has 6 nitrogen and oxygen atoms in total. The second-order valence-electron chi connectivity index (χ2n) is 21.2. The molecule has 0 bridgehead atoms. The lowest BCUT2D eigenvalue weighted by atomic mass is 10.0. The summed E-state index contributed by atoms with van der Waals surface area (Å²) in [5.74, 6) is 0.858. The van der Waals surface area contributed by atoms with E-state index in [1.54, 1.807) is 0 Å². The van der Waals surface area contributed by atoms with Crippen LogP contribution in [0, 0.1) is 11.8 Å². The van der Waals surface area contributed by atoms with Crippen molar-refractivity contribution in [3.8, 4) is 0 Å². The Morgan fingerprint density at radius 1 is 0.292 bits per heavy atom. The molecule has 0 heterocycles. The van der Waals surface area contributed by atoms with Crippen molar-refractivity contribution in [3.05, 3.63) is 0 Å². The number of rotatable bonds is 53. The third kappa shape index (κ3) is 53.2. The van der Waals surface area contributed by atoms with E-state index in [9.17, 15) is 14.4 Å². The first-order valence-electron chi connectivity index (χ1n) is 29.2. The van der Waals surface area contributed by atoms with Crippen molar-refractivity contribution in [1.29, 1.82) is 0 Å². The lowest BCUT2D eigenvalue weighted by molar-refractivity contribution is -0.167. The second-order valence-corrected chi connectivity index (χ2v) is 21.2. The normalized spacial score (nSPS) is 12.0. The van der Waals surface area contributed by atoms with Crippen molar-refractivity contribution in [1.82, 2.24) is 0 Å². The predicted molar refractivity (Wildman–Crippen MR) is 280 cm³/mol. The summed E-state index contributed by atoms with van der Waals surface area (Å²) in [5, 5.41) is 0. The summed E-state index contributed by atoms with van der Waals surface area (Å²) in [6, 6.07) is 0. The van der Waals surface area contributed by atoms with Crippen LogP contribution in [-0.4, -0.2) is 37.2 Å². The lowest BCUT2D eigenvalue weighted by Crippen LogP contribution is -2.30. The lowest BCUT2D eigenvalue weighted by Gasteiger charge is -2.18. The molecule has 0 aromatic heterocycles. The van der Waals surface area contributed by atoms with Gasteiger partial charge in [0.25, 0.3) is 0 Å². The first-order chi connectivity index (χ1) is 31.7. The van der Waals surface area contributed by atoms with Crippen LogP contribution in [0.15, 0.2) is 0 Å². The van der Waals surface area contributed by atoms with Gasteiger partial charge in [-0.3, -0.25) is 14.4 Å². The van der Waals surface area contributed by atoms with E-state index in [0.717, 1.165) is 69.6 Å². The predicted octanol–water partition coefficient (Wildman–Crippen LogP) is 19.3. The van der Waals surface area contributed by atoms with Gasteiger partial charge in [0.05, 0.1) is 0 Å². The fourth-order valence-electron chi connectivity index (χ4n) is 9.05. The maximum absolute atomic E-state index is 12.8. The fourth-order valence-corrected chi connectivity index (χ4v) is 9.05. The largest absolute Gasteiger partial charge is 0.462 e. The summed E-state index contributed by atoms with van der Waals surface area (Å²) in [6.07, 6.45) is 55.2. The van der Waals surface area contributed by atoms with E-state index in [0.29, 0.717) is 19.3 Å². The summed E-state index contributed by atoms with van der Waals surface area (Å²) in [6.45, 7) is 11.4. The third-order valence-electron chi connectivity index (χ3n) is 13.5. The van der Waals surface area contributed by atoms with Crippen molar-refractivity contribution < 1.29 is 28.6 Å². The van der Waals surface area contributed by atoms with Gasteiger partial charge in [0.1, 0.15) is 13.2 Å². The zero-order chi connectivity index (χ0) is 47.5. The van der Waals surface area contributed by atoms with Crippen LogP contribution in [0.3, 0.4) is 0 Å². The van der Waals surface area contributed by atoms with Gasteiger partial charge < -0.3 is 14.2 Å². The number of esters is 3. The zero-order valence-electron chi connectivity index (χ0n) is 44.6. The van der Waals surface area contributed by atoms with Crippen LogP contribution < -0.4 is 0 Å². The summed E-state index contributed by atoms with van der Waals surface area (Å²) in [4.78, 5) is 38.1. The molecule has 0 aliphatic heterocycles. The Labute approximate surface area is 406 Å². The molecule has 65 heavy (non-hydrogen) atoms. The quantitative estimate of drug-likeness (QED) is 0.0344. The standard InChI is InChI=1S/C59H114O6/c1-6-7-8-9-10-11-22-29-34-39-44-49-57(60)63-52-56(65-59(62)51-46-41-36-31-26-21-17-13-15-19-24-28-33-38-43-48-55(4)5)53-64-58(61)50-45-40-35-30-25-20-16-12-14-18-23-27-32-37-42-47-54(2)3/h54-56H,6-53H2,1-5H3/t56-/m1/s1. The van der Waals surface area contributed by atoms with Gasteiger partial charge >= 0.3 is 17.9 Å². The van der Waals surface area contributed by atoms with Gasteiger partial charge in [0, 0.05) is 19.3 Å². The highest BCUT2D eigenvalue weighted by molar-refractivity contribution is 5.71. The molecule has 0 amide bonds. The van der Waals surface area contributed by atoms with Crippen molar-refractivity contribution >= 4 is 17.9 Å². The third-order valence-corrected chi connectivity index (χ3v) is 13.5. The van der Waals surface area contributed by atoms with Crippen LogP contribution in [0.1, 0.15) is 330 Å². The molecule has 0 saturated heterocycles. The Hall–Kier alpha value is -1.59. The molecule has 0 radical (unpaired) electrons. The van der Waals surface area contributed by atoms with Gasteiger partial charge in [-0.2, -0.15) is 0 Å². The highest BCUT2D eigenvalue weighted by Gasteiger charge is 2.19. The van der Waals surface area contributed by atoms with Crippen LogP contribution in [0.4, 0.5) is 0 Å². The summed E-state index contributed by atoms with van der Waals surface area (Å²) < 4.78 is 16.9. The van der Waals surface area contributed by atoms with Gasteiger partial charge in [-0.15, -0.1) is 0 Å². The molecule has 1 atom stereocenters. The first kappa shape index (κ1) is 63.4. The van der Waals surface area contributed by atoms with Crippen molar-refractivity contribution in [2.75, 3.05) is 13.2 Å². The average Bonchev–Trinajstić information content (AvgIpc) is 3.28. The number of carbonyl (C=O) groups is 3. The molecular weight excluding hydrogens is 805 g/mol. The molecular formula is C59H114O6. The Bertz CT molecular complexity index is 993. The van der Waals surface area contributed by atoms with Gasteiger partial charge in [-0.1, -0.05) is 291 Å². The molecule has 0 aliphatic rings. The number of hydrogen-bond donors (Lipinski definition) is 0. The van der Waals surface area contributed by atoms with Gasteiger partial charge in [0.2, 0.25) is 0 Å². The molecule has 0 aromatic rings. The maximum Gasteiger partial charge on any atom is 0.306 e. The Morgan fingerprint density at radius 3 is 0.754 bits per heavy atom. The molecule has 386 valence electrons. The van der Waals surface area contributed by atoms with E-state index in [4.69, 9.17) is 14.2 Å². The van der Waals surface area contributed by atoms with Crippen molar-refractivity contribution in [3.63, 3.8) is 0 Å². The molecule has 0 N–H and O–H groups in total. The summed E-state index contributed by atoms with van der Waals surface area (Å²) in [7, 11) is 0. The number of carbonyl (C=O) groups excluding carboxylic acids is 3. The Kier molecular flexibility index (Phi) is 50.5.